The molecular weight excluding hydrogens is 948 g/mol. The molecule has 22 unspecified atom stereocenters. The number of carbonyl (C=O) groups is 3. The van der Waals surface area contributed by atoms with E-state index in [1.54, 1.807) is 13.8 Å². The summed E-state index contributed by atoms with van der Waals surface area (Å²) < 4.78 is 58.9. The number of carboxylic acid groups (broad SMARTS) is 1. The molecule has 71 heavy (non-hydrogen) atoms. The number of aliphatic hydroxyl groups excluding tert-OH is 10. The number of ether oxygens (including phenoxy) is 10. The molecule has 0 aromatic heterocycles. The molecule has 4 fully saturated rings. The Balaban J connectivity index is 1.63. The van der Waals surface area contributed by atoms with Crippen molar-refractivity contribution in [3.8, 4) is 0 Å². The molecule has 0 saturated carbocycles. The number of carboxylic acids is 1. The van der Waals surface area contributed by atoms with Crippen LogP contribution in [0.3, 0.4) is 0 Å². The molecule has 24 heteroatoms. The van der Waals surface area contributed by atoms with Crippen molar-refractivity contribution in [1.29, 1.82) is 0 Å². The number of esters is 2. The van der Waals surface area contributed by atoms with Crippen LogP contribution >= 0.6 is 0 Å². The second-order valence-corrected chi connectivity index (χ2v) is 19.6. The molecule has 0 aliphatic carbocycles. The second kappa shape index (κ2) is 29.7. The maximum Gasteiger partial charge on any atom is 0.306 e. The van der Waals surface area contributed by atoms with Gasteiger partial charge in [-0.05, 0) is 45.4 Å². The Bertz CT molecular complexity index is 1580. The quantitative estimate of drug-likeness (QED) is 0.0331. The largest absolute Gasteiger partial charge is 0.481 e. The normalized spacial score (nSPS) is 38.7. The Morgan fingerprint density at radius 3 is 1.66 bits per heavy atom. The maximum atomic E-state index is 12.5. The summed E-state index contributed by atoms with van der Waals surface area (Å²) in [7, 11) is 0. The van der Waals surface area contributed by atoms with E-state index in [9.17, 15) is 70.6 Å². The molecule has 4 aliphatic rings. The second-order valence-electron chi connectivity index (χ2n) is 19.6. The highest BCUT2D eigenvalue weighted by Crippen LogP contribution is 2.36. The highest BCUT2D eigenvalue weighted by molar-refractivity contribution is 5.70. The van der Waals surface area contributed by atoms with Crippen molar-refractivity contribution in [1.82, 2.24) is 0 Å². The predicted octanol–water partition coefficient (Wildman–Crippen LogP) is -0.986. The Kier molecular flexibility index (Phi) is 25.6. The van der Waals surface area contributed by atoms with Gasteiger partial charge in [-0.1, -0.05) is 65.7 Å². The van der Waals surface area contributed by atoms with E-state index in [0.717, 1.165) is 45.4 Å². The van der Waals surface area contributed by atoms with Crippen molar-refractivity contribution >= 4 is 17.9 Å². The summed E-state index contributed by atoms with van der Waals surface area (Å²) in [4.78, 5) is 35.5. The van der Waals surface area contributed by atoms with E-state index < -0.39 is 173 Å². The van der Waals surface area contributed by atoms with Crippen LogP contribution in [0.4, 0.5) is 0 Å². The van der Waals surface area contributed by atoms with E-state index in [-0.39, 0.29) is 31.6 Å². The van der Waals surface area contributed by atoms with Gasteiger partial charge in [0.1, 0.15) is 73.2 Å². The third kappa shape index (κ3) is 17.9. The summed E-state index contributed by atoms with van der Waals surface area (Å²) >= 11 is 0. The molecule has 22 atom stereocenters. The zero-order valence-corrected chi connectivity index (χ0v) is 41.6. The van der Waals surface area contributed by atoms with Crippen LogP contribution < -0.4 is 0 Å². The topological polar surface area (TPSA) is 366 Å². The van der Waals surface area contributed by atoms with Gasteiger partial charge in [-0.2, -0.15) is 0 Å². The third-order valence-electron chi connectivity index (χ3n) is 13.1. The van der Waals surface area contributed by atoms with Crippen LogP contribution in [0.2, 0.25) is 0 Å². The first-order chi connectivity index (χ1) is 33.6. The average molecular weight is 1030 g/mol. The molecule has 24 nitrogen and oxygen atoms in total. The minimum absolute atomic E-state index is 0.0149. The van der Waals surface area contributed by atoms with Gasteiger partial charge in [-0.25, -0.2) is 0 Å². The lowest BCUT2D eigenvalue weighted by Gasteiger charge is -2.49. The lowest BCUT2D eigenvalue weighted by Crippen LogP contribution is -2.67. The number of unbranched alkanes of at least 4 members (excludes halogenated alkanes) is 6. The summed E-state index contributed by atoms with van der Waals surface area (Å²) in [6, 6.07) is 0. The molecule has 0 amide bonds. The summed E-state index contributed by atoms with van der Waals surface area (Å²) in [5.41, 5.74) is 0. The highest BCUT2D eigenvalue weighted by Gasteiger charge is 2.55. The van der Waals surface area contributed by atoms with Crippen molar-refractivity contribution in [2.24, 2.45) is 5.92 Å². The SMILES string of the molecule is CCCCCCCCCC(CCCC(O)CC(=O)O)OC1OC(COC2OC(C)C(OC(C)=O)C(O)C2O)C(O)C(O)C1OC1OC(CO)C(O)C(O)C1OC1OC(C)C(OC(=O)CC(C)C)C(O)C1O. The fourth-order valence-electron chi connectivity index (χ4n) is 9.10. The smallest absolute Gasteiger partial charge is 0.306 e. The summed E-state index contributed by atoms with van der Waals surface area (Å²) in [5.74, 6) is -2.64. The van der Waals surface area contributed by atoms with Crippen LogP contribution in [0.15, 0.2) is 0 Å². The molecule has 0 aromatic carbocycles. The monoisotopic (exact) mass is 1030 g/mol. The number of carbonyl (C=O) groups excluding carboxylic acids is 2. The van der Waals surface area contributed by atoms with E-state index in [2.05, 4.69) is 6.92 Å². The van der Waals surface area contributed by atoms with Crippen molar-refractivity contribution in [3.05, 3.63) is 0 Å². The maximum absolute atomic E-state index is 12.5. The molecule has 0 radical (unpaired) electrons. The number of hydrogen-bond acceptors (Lipinski definition) is 23. The molecule has 0 bridgehead atoms. The van der Waals surface area contributed by atoms with Gasteiger partial charge in [0.05, 0.1) is 44.1 Å². The van der Waals surface area contributed by atoms with E-state index in [0.29, 0.717) is 12.8 Å². The van der Waals surface area contributed by atoms with E-state index >= 15 is 0 Å². The molecule has 4 rings (SSSR count). The molecule has 4 aliphatic heterocycles. The predicted molar refractivity (Wildman–Crippen MR) is 241 cm³/mol. The van der Waals surface area contributed by atoms with Gasteiger partial charge in [0.25, 0.3) is 0 Å². The van der Waals surface area contributed by atoms with Gasteiger partial charge in [-0.3, -0.25) is 14.4 Å². The number of aliphatic carboxylic acids is 1. The first-order valence-corrected chi connectivity index (χ1v) is 25.1. The highest BCUT2D eigenvalue weighted by atomic mass is 16.8. The lowest BCUT2D eigenvalue weighted by atomic mass is 9.96. The van der Waals surface area contributed by atoms with Gasteiger partial charge in [0.2, 0.25) is 0 Å². The average Bonchev–Trinajstić information content (AvgIpc) is 3.30. The fraction of sp³-hybridized carbons (Fsp3) is 0.936. The van der Waals surface area contributed by atoms with Crippen LogP contribution in [0.1, 0.15) is 125 Å². The molecule has 4 heterocycles. The minimum Gasteiger partial charge on any atom is -0.481 e. The zero-order chi connectivity index (χ0) is 52.7. The number of rotatable bonds is 28. The van der Waals surface area contributed by atoms with Gasteiger partial charge in [0, 0.05) is 13.3 Å². The molecule has 0 aromatic rings. The molecule has 4 saturated heterocycles. The standard InChI is InChI=1S/C47H82O24/c1-7-8-9-10-11-12-13-16-27(17-14-15-26(50)19-30(51)52)66-46-42(35(57)33(55)29(68-46)21-62-44-38(60)36(58)40(23(4)63-44)65-25(6)49)71-47-43(34(56)32(54)28(20-48)67-47)70-45-39(61)37(59)41(24(5)64-45)69-31(53)18-22(2)3/h22-24,26-29,32-48,50,54-61H,7-21H2,1-6H3,(H,51,52). The Morgan fingerprint density at radius 2 is 1.07 bits per heavy atom. The Hall–Kier alpha value is -2.31. The number of aliphatic hydroxyl groups is 10. The molecule has 0 spiro atoms. The zero-order valence-electron chi connectivity index (χ0n) is 41.6. The summed E-state index contributed by atoms with van der Waals surface area (Å²) in [6.07, 6.45) is -27.5. The van der Waals surface area contributed by atoms with E-state index in [4.69, 9.17) is 47.4 Å². The van der Waals surface area contributed by atoms with Gasteiger partial charge < -0.3 is 104 Å². The van der Waals surface area contributed by atoms with Crippen LogP contribution in [-0.4, -0.2) is 222 Å². The van der Waals surface area contributed by atoms with Gasteiger partial charge in [0.15, 0.2) is 37.4 Å². The van der Waals surface area contributed by atoms with E-state index in [1.807, 2.05) is 0 Å². The first kappa shape index (κ1) is 61.2. The summed E-state index contributed by atoms with van der Waals surface area (Å²) in [6.45, 7) is 8.25. The Morgan fingerprint density at radius 1 is 0.563 bits per heavy atom. The van der Waals surface area contributed by atoms with Crippen LogP contribution in [0.25, 0.3) is 0 Å². The van der Waals surface area contributed by atoms with Crippen molar-refractivity contribution in [2.45, 2.75) is 260 Å². The third-order valence-corrected chi connectivity index (χ3v) is 13.1. The van der Waals surface area contributed by atoms with Crippen molar-refractivity contribution in [3.63, 3.8) is 0 Å². The molecular formula is C47H82O24. The van der Waals surface area contributed by atoms with Gasteiger partial charge in [-0.15, -0.1) is 0 Å². The van der Waals surface area contributed by atoms with E-state index in [1.165, 1.54) is 13.8 Å². The van der Waals surface area contributed by atoms with Crippen LogP contribution in [0.5, 0.6) is 0 Å². The van der Waals surface area contributed by atoms with Crippen LogP contribution in [0, 0.1) is 5.92 Å². The lowest BCUT2D eigenvalue weighted by molar-refractivity contribution is -0.396. The Labute approximate surface area is 414 Å². The van der Waals surface area contributed by atoms with Crippen molar-refractivity contribution < 1.29 is 118 Å². The molecule has 11 N–H and O–H groups in total. The van der Waals surface area contributed by atoms with Gasteiger partial charge >= 0.3 is 17.9 Å². The fourth-order valence-corrected chi connectivity index (χ4v) is 9.10. The summed E-state index contributed by atoms with van der Waals surface area (Å²) in [5, 5.41) is 120. The number of hydrogen-bond donors (Lipinski definition) is 11. The first-order valence-electron chi connectivity index (χ1n) is 25.1. The van der Waals surface area contributed by atoms with Crippen molar-refractivity contribution in [2.75, 3.05) is 13.2 Å². The van der Waals surface area contributed by atoms with Crippen LogP contribution in [-0.2, 0) is 61.8 Å². The molecule has 414 valence electrons. The minimum atomic E-state index is -1.97.